The van der Waals surface area contributed by atoms with Crippen LogP contribution in [0.2, 0.25) is 0 Å². The number of rotatable bonds is 6. The minimum Gasteiger partial charge on any atom is -0.393 e. The first kappa shape index (κ1) is 28.3. The zero-order chi connectivity index (χ0) is 26.4. The van der Waals surface area contributed by atoms with E-state index in [1.807, 2.05) is 13.0 Å². The van der Waals surface area contributed by atoms with Crippen LogP contribution < -0.4 is 0 Å². The van der Waals surface area contributed by atoms with E-state index >= 15 is 0 Å². The van der Waals surface area contributed by atoms with Crippen LogP contribution in [0.5, 0.6) is 0 Å². The summed E-state index contributed by atoms with van der Waals surface area (Å²) >= 11 is 0. The fourth-order valence-electron chi connectivity index (χ4n) is 6.20. The van der Waals surface area contributed by atoms with Crippen LogP contribution in [0.3, 0.4) is 0 Å². The topological polar surface area (TPSA) is 74.6 Å². The molecular weight excluding hydrogens is 470 g/mol. The summed E-state index contributed by atoms with van der Waals surface area (Å²) in [6.07, 6.45) is 8.99. The van der Waals surface area contributed by atoms with Crippen molar-refractivity contribution in [2.45, 2.75) is 108 Å². The van der Waals surface area contributed by atoms with Gasteiger partial charge in [0.15, 0.2) is 0 Å². The van der Waals surface area contributed by atoms with Crippen molar-refractivity contribution in [1.82, 2.24) is 0 Å². The third kappa shape index (κ3) is 5.37. The Kier molecular flexibility index (Phi) is 7.97. The van der Waals surface area contributed by atoms with E-state index in [9.17, 15) is 27.4 Å². The van der Waals surface area contributed by atoms with Gasteiger partial charge in [-0.3, -0.25) is 0 Å². The number of aliphatic hydroxyl groups is 2. The van der Waals surface area contributed by atoms with Crippen LogP contribution in [0.25, 0.3) is 0 Å². The molecule has 3 aliphatic carbocycles. The zero-order valence-electron chi connectivity index (χ0n) is 21.8. The number of allylic oxidation sites excluding steroid dienone is 5. The van der Waals surface area contributed by atoms with Gasteiger partial charge >= 0.3 is 5.25 Å². The predicted molar refractivity (Wildman–Crippen MR) is 137 cm³/mol. The molecule has 0 saturated heterocycles. The van der Waals surface area contributed by atoms with Crippen molar-refractivity contribution in [2.24, 2.45) is 17.3 Å². The summed E-state index contributed by atoms with van der Waals surface area (Å²) in [5.74, 6) is 0.142. The summed E-state index contributed by atoms with van der Waals surface area (Å²) in [4.78, 5) is 0. The lowest BCUT2D eigenvalue weighted by Crippen LogP contribution is -2.42. The van der Waals surface area contributed by atoms with Gasteiger partial charge in [-0.15, -0.1) is 0 Å². The van der Waals surface area contributed by atoms with Crippen molar-refractivity contribution >= 4 is 9.84 Å². The molecule has 198 valence electrons. The van der Waals surface area contributed by atoms with E-state index in [1.54, 1.807) is 0 Å². The molecule has 0 heterocycles. The van der Waals surface area contributed by atoms with Gasteiger partial charge in [0.1, 0.15) is 0 Å². The van der Waals surface area contributed by atoms with Crippen LogP contribution in [-0.4, -0.2) is 40.8 Å². The maximum atomic E-state index is 14.7. The Morgan fingerprint density at radius 2 is 1.91 bits per heavy atom. The average Bonchev–Trinajstić information content (AvgIpc) is 3.10. The Morgan fingerprint density at radius 3 is 2.54 bits per heavy atom. The van der Waals surface area contributed by atoms with E-state index < -0.39 is 38.5 Å². The molecule has 5 atom stereocenters. The van der Waals surface area contributed by atoms with Crippen LogP contribution in [0.1, 0.15) is 86.0 Å². The Morgan fingerprint density at radius 1 is 1.26 bits per heavy atom. The Labute approximate surface area is 209 Å². The van der Waals surface area contributed by atoms with Gasteiger partial charge in [0, 0.05) is 12.8 Å². The van der Waals surface area contributed by atoms with Gasteiger partial charge in [-0.05, 0) is 87.7 Å². The second kappa shape index (κ2) is 9.86. The van der Waals surface area contributed by atoms with Gasteiger partial charge in [0.25, 0.3) is 0 Å². The Hall–Kier alpha value is -1.31. The molecule has 0 unspecified atom stereocenters. The predicted octanol–water partition coefficient (Wildman–Crippen LogP) is 6.27. The number of fused-ring (bicyclic) bond motifs is 1. The van der Waals surface area contributed by atoms with Crippen molar-refractivity contribution < 1.29 is 27.4 Å². The molecule has 0 aromatic carbocycles. The smallest absolute Gasteiger partial charge is 0.346 e. The largest absolute Gasteiger partial charge is 0.393 e. The van der Waals surface area contributed by atoms with Crippen molar-refractivity contribution in [3.8, 4) is 0 Å². The summed E-state index contributed by atoms with van der Waals surface area (Å²) in [5.41, 5.74) is 3.86. The second-order valence-electron chi connectivity index (χ2n) is 12.0. The molecule has 0 radical (unpaired) electrons. The maximum absolute atomic E-state index is 14.7. The standard InChI is InChI=1S/C28H42F2O4S/c1-18(13-15-28(29,30)35(33,34)26(3,4)5)23-11-12-24-20(8-7-14-27(23,24)6)9-10-21-16-22(31)17-25(32)19(21)2/h9-11,18,22,24-25,31-32H,2,7-8,12-17H2,1,3-6H3/t18-,22+,24+,25-,27-/m1/s1. The highest BCUT2D eigenvalue weighted by molar-refractivity contribution is 7.93. The molecule has 0 aliphatic heterocycles. The monoisotopic (exact) mass is 512 g/mol. The minimum absolute atomic E-state index is 0.120. The summed E-state index contributed by atoms with van der Waals surface area (Å²) in [7, 11) is -4.58. The summed E-state index contributed by atoms with van der Waals surface area (Å²) < 4.78 is 52.7. The molecule has 3 aliphatic rings. The van der Waals surface area contributed by atoms with Crippen molar-refractivity contribution in [3.63, 3.8) is 0 Å². The summed E-state index contributed by atoms with van der Waals surface area (Å²) in [5, 5.41) is 16.4. The zero-order valence-corrected chi connectivity index (χ0v) is 22.6. The van der Waals surface area contributed by atoms with Crippen LogP contribution >= 0.6 is 0 Å². The second-order valence-corrected chi connectivity index (χ2v) is 14.8. The number of halogens is 2. The number of alkyl halides is 2. The van der Waals surface area contributed by atoms with E-state index in [4.69, 9.17) is 0 Å². The highest BCUT2D eigenvalue weighted by Gasteiger charge is 2.52. The van der Waals surface area contributed by atoms with Crippen molar-refractivity contribution in [3.05, 3.63) is 47.1 Å². The molecule has 2 saturated carbocycles. The van der Waals surface area contributed by atoms with Crippen LogP contribution in [-0.2, 0) is 9.84 Å². The SMILES string of the molecule is C=C1C(=CC=C2CCC[C@]3(C)C([C@H](C)CCC(F)(F)S(=O)(=O)C(C)(C)C)=CC[C@@H]23)C[C@H](O)C[C@H]1O. The third-order valence-corrected chi connectivity index (χ3v) is 11.1. The summed E-state index contributed by atoms with van der Waals surface area (Å²) in [6, 6.07) is 0. The van der Waals surface area contributed by atoms with Gasteiger partial charge in [-0.2, -0.15) is 8.78 Å². The first-order valence-corrected chi connectivity index (χ1v) is 14.3. The maximum Gasteiger partial charge on any atom is 0.346 e. The molecule has 0 aromatic heterocycles. The normalized spacial score (nSPS) is 33.7. The van der Waals surface area contributed by atoms with Crippen LogP contribution in [0, 0.1) is 17.3 Å². The van der Waals surface area contributed by atoms with E-state index in [1.165, 1.54) is 26.3 Å². The Bertz CT molecular complexity index is 1030. The molecule has 4 nitrogen and oxygen atoms in total. The lowest BCUT2D eigenvalue weighted by molar-refractivity contribution is 0.0723. The lowest BCUT2D eigenvalue weighted by Gasteiger charge is -2.42. The van der Waals surface area contributed by atoms with E-state index in [0.29, 0.717) is 18.4 Å². The van der Waals surface area contributed by atoms with Crippen molar-refractivity contribution in [2.75, 3.05) is 0 Å². The first-order chi connectivity index (χ1) is 16.0. The van der Waals surface area contributed by atoms with E-state index in [2.05, 4.69) is 25.7 Å². The van der Waals surface area contributed by atoms with Gasteiger partial charge in [0.05, 0.1) is 17.0 Å². The lowest BCUT2D eigenvalue weighted by atomic mass is 9.62. The molecule has 7 heteroatoms. The molecule has 35 heavy (non-hydrogen) atoms. The molecule has 0 spiro atoms. The number of hydrogen-bond acceptors (Lipinski definition) is 4. The molecule has 0 bridgehead atoms. The van der Waals surface area contributed by atoms with Crippen molar-refractivity contribution in [1.29, 1.82) is 0 Å². The van der Waals surface area contributed by atoms with E-state index in [0.717, 1.165) is 36.8 Å². The third-order valence-electron chi connectivity index (χ3n) is 8.47. The average molecular weight is 513 g/mol. The molecule has 3 rings (SSSR count). The van der Waals surface area contributed by atoms with E-state index in [-0.39, 0.29) is 23.7 Å². The van der Waals surface area contributed by atoms with Gasteiger partial charge in [0.2, 0.25) is 9.84 Å². The van der Waals surface area contributed by atoms with Crippen LogP contribution in [0.15, 0.2) is 47.1 Å². The minimum atomic E-state index is -4.58. The van der Waals surface area contributed by atoms with Gasteiger partial charge in [-0.1, -0.05) is 49.8 Å². The highest BCUT2D eigenvalue weighted by atomic mass is 32.2. The highest BCUT2D eigenvalue weighted by Crippen LogP contribution is 2.57. The molecule has 0 amide bonds. The number of sulfone groups is 1. The van der Waals surface area contributed by atoms with Gasteiger partial charge < -0.3 is 10.2 Å². The Balaban J connectivity index is 1.75. The molecule has 2 fully saturated rings. The first-order valence-electron chi connectivity index (χ1n) is 12.8. The molecule has 2 N–H and O–H groups in total. The fourth-order valence-corrected chi connectivity index (χ4v) is 7.49. The van der Waals surface area contributed by atoms with Gasteiger partial charge in [-0.25, -0.2) is 8.42 Å². The fraction of sp³-hybridized carbons (Fsp3) is 0.714. The molecular formula is C28H42F2O4S. The number of aliphatic hydroxyl groups excluding tert-OH is 2. The molecule has 0 aromatic rings. The van der Waals surface area contributed by atoms with Crippen LogP contribution in [0.4, 0.5) is 8.78 Å². The summed E-state index contributed by atoms with van der Waals surface area (Å²) in [6.45, 7) is 12.1. The number of hydrogen-bond donors (Lipinski definition) is 2. The quantitative estimate of drug-likeness (QED) is 0.411.